The number of ether oxygens (including phenoxy) is 1. The van der Waals surface area contributed by atoms with Crippen LogP contribution in [0.4, 0.5) is 5.69 Å². The highest BCUT2D eigenvalue weighted by atomic mass is 32.2. The van der Waals surface area contributed by atoms with Crippen LogP contribution in [0.3, 0.4) is 0 Å². The smallest absolute Gasteiger partial charge is 0.342 e. The molecule has 0 spiro atoms. The molecule has 0 aromatic heterocycles. The summed E-state index contributed by atoms with van der Waals surface area (Å²) < 4.78 is 5.16. The Labute approximate surface area is 181 Å². The number of aromatic hydroxyl groups is 1. The molecule has 2 rings (SSSR count). The van der Waals surface area contributed by atoms with Crippen LogP contribution in [0.2, 0.25) is 0 Å². The van der Waals surface area contributed by atoms with E-state index in [2.05, 4.69) is 5.32 Å². The molecule has 2 N–H and O–H groups in total. The lowest BCUT2D eigenvalue weighted by Gasteiger charge is -2.16. The van der Waals surface area contributed by atoms with Crippen LogP contribution in [0.15, 0.2) is 41.3 Å². The van der Waals surface area contributed by atoms with E-state index in [-0.39, 0.29) is 28.9 Å². The standard InChI is InChI=1S/C23H26N2O4S/c1-14(2)16-11-17(15(3)4)22(27)18(12-16)23(28)29-13-21(26)25-19-7-5-6-8-20(19)30-10-9-24/h5-8,11-12,14-15,27H,10,13H2,1-4H3,(H,25,26). The van der Waals surface area contributed by atoms with Crippen LogP contribution in [0.1, 0.15) is 61.0 Å². The summed E-state index contributed by atoms with van der Waals surface area (Å²) in [5.74, 6) is -0.915. The van der Waals surface area contributed by atoms with Crippen molar-refractivity contribution in [2.24, 2.45) is 0 Å². The number of carbonyl (C=O) groups excluding carboxylic acids is 2. The molecule has 30 heavy (non-hydrogen) atoms. The van der Waals surface area contributed by atoms with Gasteiger partial charge in [-0.1, -0.05) is 45.9 Å². The maximum atomic E-state index is 12.6. The summed E-state index contributed by atoms with van der Waals surface area (Å²) in [5, 5.41) is 22.0. The molecule has 0 saturated heterocycles. The number of hydrogen-bond acceptors (Lipinski definition) is 6. The van der Waals surface area contributed by atoms with Gasteiger partial charge in [-0.25, -0.2) is 4.79 Å². The molecule has 0 fully saturated rings. The number of rotatable bonds is 8. The van der Waals surface area contributed by atoms with E-state index in [1.807, 2.05) is 45.9 Å². The third kappa shape index (κ3) is 6.01. The number of benzene rings is 2. The van der Waals surface area contributed by atoms with E-state index in [0.717, 1.165) is 10.5 Å². The molecular weight excluding hydrogens is 400 g/mol. The average molecular weight is 427 g/mol. The second-order valence-electron chi connectivity index (χ2n) is 7.38. The van der Waals surface area contributed by atoms with Crippen LogP contribution in [-0.4, -0.2) is 29.3 Å². The largest absolute Gasteiger partial charge is 0.507 e. The molecule has 158 valence electrons. The number of phenolic OH excluding ortho intramolecular Hbond substituents is 1. The van der Waals surface area contributed by atoms with Crippen LogP contribution in [-0.2, 0) is 9.53 Å². The van der Waals surface area contributed by atoms with Crippen LogP contribution in [0, 0.1) is 11.3 Å². The van der Waals surface area contributed by atoms with Crippen LogP contribution in [0.5, 0.6) is 5.75 Å². The van der Waals surface area contributed by atoms with Crippen molar-refractivity contribution < 1.29 is 19.4 Å². The third-order valence-corrected chi connectivity index (χ3v) is 5.40. The van der Waals surface area contributed by atoms with E-state index in [1.165, 1.54) is 11.8 Å². The fraction of sp³-hybridized carbons (Fsp3) is 0.348. The highest BCUT2D eigenvalue weighted by Crippen LogP contribution is 2.33. The van der Waals surface area contributed by atoms with Gasteiger partial charge < -0.3 is 15.2 Å². The van der Waals surface area contributed by atoms with Crippen molar-refractivity contribution in [1.29, 1.82) is 5.26 Å². The number of amides is 1. The zero-order valence-corrected chi connectivity index (χ0v) is 18.4. The van der Waals surface area contributed by atoms with Crippen molar-refractivity contribution in [1.82, 2.24) is 0 Å². The first-order chi connectivity index (χ1) is 14.2. The lowest BCUT2D eigenvalue weighted by atomic mass is 9.92. The molecule has 0 heterocycles. The lowest BCUT2D eigenvalue weighted by Crippen LogP contribution is -2.21. The minimum atomic E-state index is -0.751. The van der Waals surface area contributed by atoms with Crippen molar-refractivity contribution >= 4 is 29.3 Å². The molecule has 2 aromatic carbocycles. The quantitative estimate of drug-likeness (QED) is 0.453. The van der Waals surface area contributed by atoms with Crippen molar-refractivity contribution in [2.75, 3.05) is 17.7 Å². The Bertz CT molecular complexity index is 964. The molecule has 0 bridgehead atoms. The number of nitriles is 1. The first-order valence-electron chi connectivity index (χ1n) is 9.67. The lowest BCUT2D eigenvalue weighted by molar-refractivity contribution is -0.119. The van der Waals surface area contributed by atoms with Gasteiger partial charge in [-0.2, -0.15) is 5.26 Å². The molecule has 0 unspecified atom stereocenters. The second kappa shape index (κ2) is 10.7. The van der Waals surface area contributed by atoms with Crippen LogP contribution < -0.4 is 5.32 Å². The van der Waals surface area contributed by atoms with Gasteiger partial charge >= 0.3 is 5.97 Å². The molecule has 0 atom stereocenters. The van der Waals surface area contributed by atoms with Gasteiger partial charge in [-0.15, -0.1) is 11.8 Å². The fourth-order valence-corrected chi connectivity index (χ4v) is 3.48. The van der Waals surface area contributed by atoms with Gasteiger partial charge in [-0.05, 0) is 41.2 Å². The van der Waals surface area contributed by atoms with Crippen LogP contribution in [0.25, 0.3) is 0 Å². The van der Waals surface area contributed by atoms with Gasteiger partial charge in [0.25, 0.3) is 5.91 Å². The molecular formula is C23H26N2O4S. The number of hydrogen-bond donors (Lipinski definition) is 2. The molecule has 6 nitrogen and oxygen atoms in total. The summed E-state index contributed by atoms with van der Waals surface area (Å²) >= 11 is 1.30. The van der Waals surface area contributed by atoms with Gasteiger partial charge in [0.15, 0.2) is 6.61 Å². The van der Waals surface area contributed by atoms with E-state index >= 15 is 0 Å². The maximum absolute atomic E-state index is 12.6. The van der Waals surface area contributed by atoms with E-state index in [9.17, 15) is 14.7 Å². The Kier molecular flexibility index (Phi) is 8.31. The molecule has 0 saturated carbocycles. The number of nitrogens with one attached hydrogen (secondary N) is 1. The number of para-hydroxylation sites is 1. The molecule has 7 heteroatoms. The van der Waals surface area contributed by atoms with Gasteiger partial charge in [0, 0.05) is 4.90 Å². The first-order valence-corrected chi connectivity index (χ1v) is 10.7. The van der Waals surface area contributed by atoms with Gasteiger partial charge in [0.2, 0.25) is 0 Å². The van der Waals surface area contributed by atoms with Crippen molar-refractivity contribution in [3.63, 3.8) is 0 Å². The van der Waals surface area contributed by atoms with Gasteiger partial charge in [-0.3, -0.25) is 4.79 Å². The molecule has 1 amide bonds. The highest BCUT2D eigenvalue weighted by Gasteiger charge is 2.21. The average Bonchev–Trinajstić information content (AvgIpc) is 2.71. The molecule has 0 radical (unpaired) electrons. The van der Waals surface area contributed by atoms with Crippen molar-refractivity contribution in [3.8, 4) is 11.8 Å². The third-order valence-electron chi connectivity index (χ3n) is 4.46. The maximum Gasteiger partial charge on any atom is 0.342 e. The first kappa shape index (κ1) is 23.3. The number of esters is 1. The Morgan fingerprint density at radius 2 is 1.87 bits per heavy atom. The minimum absolute atomic E-state index is 0.0287. The van der Waals surface area contributed by atoms with E-state index in [0.29, 0.717) is 11.3 Å². The predicted octanol–water partition coefficient (Wildman–Crippen LogP) is 5.05. The zero-order chi connectivity index (χ0) is 22.3. The Balaban J connectivity index is 2.11. The minimum Gasteiger partial charge on any atom is -0.507 e. The summed E-state index contributed by atoms with van der Waals surface area (Å²) in [4.78, 5) is 25.6. The molecule has 0 aliphatic rings. The number of thioether (sulfide) groups is 1. The summed E-state index contributed by atoms with van der Waals surface area (Å²) in [6, 6.07) is 12.6. The Morgan fingerprint density at radius 3 is 2.50 bits per heavy atom. The summed E-state index contributed by atoms with van der Waals surface area (Å²) in [6.45, 7) is 7.38. The monoisotopic (exact) mass is 426 g/mol. The van der Waals surface area contributed by atoms with Gasteiger partial charge in [0.1, 0.15) is 11.3 Å². The zero-order valence-electron chi connectivity index (χ0n) is 17.6. The fourth-order valence-electron chi connectivity index (χ4n) is 2.81. The SMILES string of the molecule is CC(C)c1cc(C(=O)OCC(=O)Nc2ccccc2SCC#N)c(O)c(C(C)C)c1. The summed E-state index contributed by atoms with van der Waals surface area (Å²) in [6.07, 6.45) is 0. The molecule has 0 aliphatic heterocycles. The molecule has 0 aliphatic carbocycles. The highest BCUT2D eigenvalue weighted by molar-refractivity contribution is 7.99. The Hall–Kier alpha value is -2.98. The van der Waals surface area contributed by atoms with Crippen molar-refractivity contribution in [2.45, 2.75) is 44.4 Å². The topological polar surface area (TPSA) is 99.4 Å². The van der Waals surface area contributed by atoms with E-state index < -0.39 is 18.5 Å². The van der Waals surface area contributed by atoms with Crippen molar-refractivity contribution in [3.05, 3.63) is 53.1 Å². The van der Waals surface area contributed by atoms with Gasteiger partial charge in [0.05, 0.1) is 17.5 Å². The summed E-state index contributed by atoms with van der Waals surface area (Å²) in [7, 11) is 0. The number of nitrogens with zero attached hydrogens (tertiary/aromatic N) is 1. The normalized spacial score (nSPS) is 10.7. The number of phenols is 1. The number of anilines is 1. The number of carbonyl (C=O) groups is 2. The molecule has 2 aromatic rings. The van der Waals surface area contributed by atoms with Crippen LogP contribution >= 0.6 is 11.8 Å². The predicted molar refractivity (Wildman–Crippen MR) is 118 cm³/mol. The van der Waals surface area contributed by atoms with E-state index in [4.69, 9.17) is 10.00 Å². The van der Waals surface area contributed by atoms with E-state index in [1.54, 1.807) is 24.3 Å². The summed E-state index contributed by atoms with van der Waals surface area (Å²) in [5.41, 5.74) is 2.19. The second-order valence-corrected chi connectivity index (χ2v) is 8.40. The Morgan fingerprint density at radius 1 is 1.17 bits per heavy atom.